The molecule has 0 atom stereocenters. The van der Waals surface area contributed by atoms with E-state index in [-0.39, 0.29) is 28.8 Å². The second-order valence-electron chi connectivity index (χ2n) is 8.11. The summed E-state index contributed by atoms with van der Waals surface area (Å²) in [6, 6.07) is 14.0. The highest BCUT2D eigenvalue weighted by molar-refractivity contribution is 7.90. The lowest BCUT2D eigenvalue weighted by Gasteiger charge is -2.36. The van der Waals surface area contributed by atoms with Crippen LogP contribution in [0.4, 0.5) is 5.69 Å². The van der Waals surface area contributed by atoms with E-state index in [1.807, 2.05) is 12.1 Å². The molecule has 0 saturated carbocycles. The molecule has 10 heteroatoms. The number of hydrogen-bond acceptors (Lipinski definition) is 6. The zero-order valence-electron chi connectivity index (χ0n) is 18.5. The summed E-state index contributed by atoms with van der Waals surface area (Å²) in [5.41, 5.74) is 3.11. The SMILES string of the molecule is Cc1ccccc1N1CCN(Cc2[nH]c(=O)[nH]c2C(=O)c2ccc(S(C)(=O)=O)cc2)CC1.Cl. The van der Waals surface area contributed by atoms with Crippen LogP contribution in [0.15, 0.2) is 58.2 Å². The zero-order valence-corrected chi connectivity index (χ0v) is 20.1. The highest BCUT2D eigenvalue weighted by atomic mass is 35.5. The van der Waals surface area contributed by atoms with E-state index in [1.54, 1.807) is 0 Å². The number of benzene rings is 2. The van der Waals surface area contributed by atoms with Crippen LogP contribution in [0.25, 0.3) is 0 Å². The van der Waals surface area contributed by atoms with Gasteiger partial charge in [0.2, 0.25) is 5.78 Å². The third-order valence-corrected chi connectivity index (χ3v) is 6.92. The molecule has 1 saturated heterocycles. The average molecular weight is 491 g/mol. The fraction of sp³-hybridized carbons (Fsp3) is 0.304. The van der Waals surface area contributed by atoms with E-state index in [2.05, 4.69) is 38.8 Å². The van der Waals surface area contributed by atoms with Crippen molar-refractivity contribution in [3.63, 3.8) is 0 Å². The molecule has 1 fully saturated rings. The van der Waals surface area contributed by atoms with Gasteiger partial charge < -0.3 is 14.9 Å². The van der Waals surface area contributed by atoms with Crippen molar-refractivity contribution in [2.24, 2.45) is 0 Å². The minimum Gasteiger partial charge on any atom is -0.369 e. The number of carbonyl (C=O) groups is 1. The topological polar surface area (TPSA) is 106 Å². The number of aromatic nitrogens is 2. The van der Waals surface area contributed by atoms with E-state index in [0.717, 1.165) is 32.4 Å². The number of imidazole rings is 1. The number of aromatic amines is 2. The van der Waals surface area contributed by atoms with Crippen molar-refractivity contribution in [3.8, 4) is 0 Å². The van der Waals surface area contributed by atoms with Gasteiger partial charge in [0.25, 0.3) is 0 Å². The molecule has 2 N–H and O–H groups in total. The number of H-pyrrole nitrogens is 2. The van der Waals surface area contributed by atoms with Gasteiger partial charge in [0.05, 0.1) is 10.6 Å². The molecule has 4 rings (SSSR count). The van der Waals surface area contributed by atoms with Crippen molar-refractivity contribution in [1.29, 1.82) is 0 Å². The Morgan fingerprint density at radius 2 is 1.61 bits per heavy atom. The first-order valence-corrected chi connectivity index (χ1v) is 12.3. The van der Waals surface area contributed by atoms with Gasteiger partial charge in [-0.25, -0.2) is 13.2 Å². The van der Waals surface area contributed by atoms with Crippen molar-refractivity contribution in [2.45, 2.75) is 18.4 Å². The summed E-state index contributed by atoms with van der Waals surface area (Å²) in [7, 11) is -3.35. The van der Waals surface area contributed by atoms with Gasteiger partial charge in [-0.1, -0.05) is 18.2 Å². The summed E-state index contributed by atoms with van der Waals surface area (Å²) in [5, 5.41) is 0. The molecule has 176 valence electrons. The lowest BCUT2D eigenvalue weighted by molar-refractivity contribution is 0.103. The summed E-state index contributed by atoms with van der Waals surface area (Å²) < 4.78 is 23.3. The molecule has 2 aromatic carbocycles. The van der Waals surface area contributed by atoms with Crippen LogP contribution in [0.5, 0.6) is 0 Å². The number of para-hydroxylation sites is 1. The van der Waals surface area contributed by atoms with Gasteiger partial charge in [-0.05, 0) is 42.8 Å². The first-order valence-electron chi connectivity index (χ1n) is 10.4. The van der Waals surface area contributed by atoms with Gasteiger partial charge in [-0.15, -0.1) is 12.4 Å². The number of piperazine rings is 1. The molecule has 33 heavy (non-hydrogen) atoms. The van der Waals surface area contributed by atoms with Crippen molar-refractivity contribution in [3.05, 3.63) is 81.5 Å². The Morgan fingerprint density at radius 1 is 0.970 bits per heavy atom. The van der Waals surface area contributed by atoms with Crippen LogP contribution in [-0.4, -0.2) is 61.5 Å². The van der Waals surface area contributed by atoms with Crippen molar-refractivity contribution in [2.75, 3.05) is 37.3 Å². The van der Waals surface area contributed by atoms with Gasteiger partial charge in [0.1, 0.15) is 5.69 Å². The van der Waals surface area contributed by atoms with Crippen LogP contribution in [-0.2, 0) is 16.4 Å². The standard InChI is InChI=1S/C23H26N4O4S.ClH/c1-16-5-3-4-6-20(16)27-13-11-26(12-14-27)15-19-21(25-23(29)24-19)22(28)17-7-9-18(10-8-17)32(2,30)31;/h3-10H,11-15H2,1-2H3,(H2,24,25,29);1H. The smallest absolute Gasteiger partial charge is 0.323 e. The number of halogens is 1. The molecular formula is C23H27ClN4O4S. The summed E-state index contributed by atoms with van der Waals surface area (Å²) >= 11 is 0. The highest BCUT2D eigenvalue weighted by Crippen LogP contribution is 2.22. The number of carbonyl (C=O) groups excluding carboxylic acids is 1. The molecule has 0 bridgehead atoms. The first-order chi connectivity index (χ1) is 15.2. The molecule has 8 nitrogen and oxygen atoms in total. The average Bonchev–Trinajstić information content (AvgIpc) is 3.13. The van der Waals surface area contributed by atoms with E-state index in [4.69, 9.17) is 0 Å². The molecule has 0 aliphatic carbocycles. The summed E-state index contributed by atoms with van der Waals surface area (Å²) in [4.78, 5) is 35.0. The lowest BCUT2D eigenvalue weighted by Crippen LogP contribution is -2.46. The minimum absolute atomic E-state index is 0. The molecule has 3 aromatic rings. The summed E-state index contributed by atoms with van der Waals surface area (Å²) in [6.45, 7) is 5.87. The van der Waals surface area contributed by atoms with E-state index in [9.17, 15) is 18.0 Å². The van der Waals surface area contributed by atoms with Gasteiger partial charge in [0.15, 0.2) is 9.84 Å². The van der Waals surface area contributed by atoms with Crippen LogP contribution < -0.4 is 10.6 Å². The first kappa shape index (κ1) is 24.8. The van der Waals surface area contributed by atoms with Crippen LogP contribution in [0.1, 0.15) is 27.3 Å². The Hall–Kier alpha value is -2.88. The van der Waals surface area contributed by atoms with Crippen LogP contribution in [0, 0.1) is 6.92 Å². The maximum atomic E-state index is 13.0. The van der Waals surface area contributed by atoms with Gasteiger partial charge in [-0.2, -0.15) is 0 Å². The molecule has 1 aliphatic rings. The molecule has 0 radical (unpaired) electrons. The number of rotatable bonds is 6. The molecule has 1 aromatic heterocycles. The van der Waals surface area contributed by atoms with Crippen molar-refractivity contribution >= 4 is 33.7 Å². The van der Waals surface area contributed by atoms with E-state index in [1.165, 1.54) is 35.5 Å². The minimum atomic E-state index is -3.35. The van der Waals surface area contributed by atoms with Crippen molar-refractivity contribution < 1.29 is 13.2 Å². The largest absolute Gasteiger partial charge is 0.369 e. The summed E-state index contributed by atoms with van der Waals surface area (Å²) in [6.07, 6.45) is 1.12. The third kappa shape index (κ3) is 5.55. The fourth-order valence-electron chi connectivity index (χ4n) is 4.02. The molecule has 0 unspecified atom stereocenters. The predicted octanol–water partition coefficient (Wildman–Crippen LogP) is 2.39. The Labute approximate surface area is 199 Å². The Bertz CT molecular complexity index is 1290. The third-order valence-electron chi connectivity index (χ3n) is 5.79. The summed E-state index contributed by atoms with van der Waals surface area (Å²) in [5.74, 6) is -0.350. The lowest BCUT2D eigenvalue weighted by atomic mass is 10.1. The van der Waals surface area contributed by atoms with Gasteiger partial charge in [-0.3, -0.25) is 9.69 Å². The maximum absolute atomic E-state index is 13.0. The number of hydrogen-bond donors (Lipinski definition) is 2. The Kier molecular flexibility index (Phi) is 7.46. The molecule has 2 heterocycles. The van der Waals surface area contributed by atoms with Crippen LogP contribution in [0.2, 0.25) is 0 Å². The molecular weight excluding hydrogens is 464 g/mol. The zero-order chi connectivity index (χ0) is 22.9. The number of nitrogens with one attached hydrogen (secondary N) is 2. The Morgan fingerprint density at radius 3 is 2.21 bits per heavy atom. The second kappa shape index (κ2) is 9.94. The van der Waals surface area contributed by atoms with Crippen LogP contribution in [0.3, 0.4) is 0 Å². The van der Waals surface area contributed by atoms with Gasteiger partial charge in [0, 0.05) is 50.2 Å². The predicted molar refractivity (Wildman–Crippen MR) is 130 cm³/mol. The number of sulfone groups is 1. The molecule has 1 aliphatic heterocycles. The van der Waals surface area contributed by atoms with E-state index < -0.39 is 15.5 Å². The van der Waals surface area contributed by atoms with E-state index in [0.29, 0.717) is 17.8 Å². The number of aryl methyl sites for hydroxylation is 1. The molecule has 0 spiro atoms. The second-order valence-corrected chi connectivity index (χ2v) is 10.1. The number of anilines is 1. The fourth-order valence-corrected chi connectivity index (χ4v) is 4.65. The normalized spacial score (nSPS) is 14.7. The van der Waals surface area contributed by atoms with Crippen molar-refractivity contribution in [1.82, 2.24) is 14.9 Å². The highest BCUT2D eigenvalue weighted by Gasteiger charge is 2.23. The van der Waals surface area contributed by atoms with Crippen LogP contribution >= 0.6 is 12.4 Å². The molecule has 0 amide bonds. The van der Waals surface area contributed by atoms with Gasteiger partial charge >= 0.3 is 5.69 Å². The van der Waals surface area contributed by atoms with E-state index >= 15 is 0 Å². The monoisotopic (exact) mass is 490 g/mol. The maximum Gasteiger partial charge on any atom is 0.323 e. The Balaban J connectivity index is 0.00000306. The quantitative estimate of drug-likeness (QED) is 0.514. The number of nitrogens with zero attached hydrogens (tertiary/aromatic N) is 2. The number of ketones is 1.